The lowest BCUT2D eigenvalue weighted by Gasteiger charge is -2.01. The Balaban J connectivity index is 3.09. The van der Waals surface area contributed by atoms with Gasteiger partial charge in [-0.1, -0.05) is 13.3 Å². The van der Waals surface area contributed by atoms with E-state index < -0.39 is 0 Å². The Bertz CT molecular complexity index is 102. The van der Waals surface area contributed by atoms with Crippen LogP contribution in [0.1, 0.15) is 32.6 Å². The summed E-state index contributed by atoms with van der Waals surface area (Å²) in [7, 11) is 0. The molecule has 0 fully saturated rings. The van der Waals surface area contributed by atoms with E-state index in [4.69, 9.17) is 9.84 Å². The fourth-order valence-electron chi connectivity index (χ4n) is 0.644. The SMILES string of the molecule is CCCCC(=O)OCCCO. The van der Waals surface area contributed by atoms with Crippen LogP contribution < -0.4 is 0 Å². The summed E-state index contributed by atoms with van der Waals surface area (Å²) >= 11 is 0. The number of ether oxygens (including phenoxy) is 1. The van der Waals surface area contributed by atoms with Crippen LogP contribution in [0, 0.1) is 0 Å². The lowest BCUT2D eigenvalue weighted by Crippen LogP contribution is -2.06. The minimum absolute atomic E-state index is 0.0844. The Morgan fingerprint density at radius 2 is 2.18 bits per heavy atom. The first-order chi connectivity index (χ1) is 5.31. The van der Waals surface area contributed by atoms with Crippen LogP contribution in [0.3, 0.4) is 0 Å². The van der Waals surface area contributed by atoms with Crippen molar-refractivity contribution in [2.45, 2.75) is 32.6 Å². The summed E-state index contributed by atoms with van der Waals surface area (Å²) in [5.74, 6) is -0.152. The monoisotopic (exact) mass is 160 g/mol. The summed E-state index contributed by atoms with van der Waals surface area (Å²) in [4.78, 5) is 10.8. The zero-order chi connectivity index (χ0) is 8.53. The number of hydrogen-bond acceptors (Lipinski definition) is 3. The second-order valence-corrected chi connectivity index (χ2v) is 2.40. The standard InChI is InChI=1S/C8H16O3/c1-2-3-5-8(10)11-7-4-6-9/h9H,2-7H2,1H3. The molecule has 0 rings (SSSR count). The Morgan fingerprint density at radius 1 is 1.45 bits per heavy atom. The van der Waals surface area contributed by atoms with Crippen molar-refractivity contribution in [2.75, 3.05) is 13.2 Å². The van der Waals surface area contributed by atoms with Crippen LogP contribution in [0.4, 0.5) is 0 Å². The fraction of sp³-hybridized carbons (Fsp3) is 0.875. The molecule has 3 nitrogen and oxygen atoms in total. The maximum absolute atomic E-state index is 10.8. The van der Waals surface area contributed by atoms with Crippen LogP contribution in [0.25, 0.3) is 0 Å². The van der Waals surface area contributed by atoms with E-state index in [2.05, 4.69) is 0 Å². The molecule has 0 heterocycles. The largest absolute Gasteiger partial charge is 0.466 e. The second kappa shape index (κ2) is 7.54. The van der Waals surface area contributed by atoms with E-state index in [9.17, 15) is 4.79 Å². The van der Waals surface area contributed by atoms with Gasteiger partial charge in [0, 0.05) is 19.4 Å². The molecule has 0 bridgehead atoms. The molecule has 1 N–H and O–H groups in total. The smallest absolute Gasteiger partial charge is 0.305 e. The van der Waals surface area contributed by atoms with Gasteiger partial charge in [0.15, 0.2) is 0 Å². The Morgan fingerprint density at radius 3 is 2.73 bits per heavy atom. The Labute approximate surface area is 67.4 Å². The van der Waals surface area contributed by atoms with Crippen molar-refractivity contribution < 1.29 is 14.6 Å². The van der Waals surface area contributed by atoms with Crippen molar-refractivity contribution in [3.8, 4) is 0 Å². The first-order valence-corrected chi connectivity index (χ1v) is 4.07. The van der Waals surface area contributed by atoms with Crippen molar-refractivity contribution in [3.63, 3.8) is 0 Å². The summed E-state index contributed by atoms with van der Waals surface area (Å²) in [5, 5.41) is 8.36. The molecule has 3 heteroatoms. The van der Waals surface area contributed by atoms with Crippen molar-refractivity contribution in [1.82, 2.24) is 0 Å². The molecule has 0 aliphatic carbocycles. The number of aliphatic hydroxyl groups excluding tert-OH is 1. The van der Waals surface area contributed by atoms with Gasteiger partial charge in [-0.15, -0.1) is 0 Å². The summed E-state index contributed by atoms with van der Waals surface area (Å²) in [6.07, 6.45) is 2.94. The summed E-state index contributed by atoms with van der Waals surface area (Å²) in [6, 6.07) is 0. The minimum Gasteiger partial charge on any atom is -0.466 e. The van der Waals surface area contributed by atoms with Gasteiger partial charge < -0.3 is 9.84 Å². The van der Waals surface area contributed by atoms with Gasteiger partial charge in [-0.2, -0.15) is 0 Å². The number of carbonyl (C=O) groups excluding carboxylic acids is 1. The van der Waals surface area contributed by atoms with E-state index in [0.29, 0.717) is 19.4 Å². The predicted molar refractivity (Wildman–Crippen MR) is 42.2 cm³/mol. The molecule has 0 aliphatic rings. The number of aliphatic hydroxyl groups is 1. The molecular weight excluding hydrogens is 144 g/mol. The molecule has 11 heavy (non-hydrogen) atoms. The van der Waals surface area contributed by atoms with Crippen molar-refractivity contribution in [1.29, 1.82) is 0 Å². The molecule has 0 aromatic heterocycles. The quantitative estimate of drug-likeness (QED) is 0.467. The Hall–Kier alpha value is -0.570. The zero-order valence-corrected chi connectivity index (χ0v) is 7.01. The normalized spacial score (nSPS) is 9.64. The van der Waals surface area contributed by atoms with Crippen LogP contribution in [-0.2, 0) is 9.53 Å². The summed E-state index contributed by atoms with van der Waals surface area (Å²) in [6.45, 7) is 2.46. The Kier molecular flexibility index (Phi) is 7.15. The van der Waals surface area contributed by atoms with Crippen LogP contribution >= 0.6 is 0 Å². The van der Waals surface area contributed by atoms with Gasteiger partial charge in [0.25, 0.3) is 0 Å². The van der Waals surface area contributed by atoms with Crippen molar-refractivity contribution in [3.05, 3.63) is 0 Å². The van der Waals surface area contributed by atoms with E-state index >= 15 is 0 Å². The average Bonchev–Trinajstić information content (AvgIpc) is 2.01. The zero-order valence-electron chi connectivity index (χ0n) is 7.01. The van der Waals surface area contributed by atoms with Gasteiger partial charge in [-0.3, -0.25) is 4.79 Å². The van der Waals surface area contributed by atoms with Crippen LogP contribution in [-0.4, -0.2) is 24.3 Å². The van der Waals surface area contributed by atoms with Gasteiger partial charge in [-0.25, -0.2) is 0 Å². The van der Waals surface area contributed by atoms with Gasteiger partial charge in [-0.05, 0) is 6.42 Å². The highest BCUT2D eigenvalue weighted by atomic mass is 16.5. The van der Waals surface area contributed by atoms with Gasteiger partial charge in [0.05, 0.1) is 6.61 Å². The highest BCUT2D eigenvalue weighted by Crippen LogP contribution is 1.96. The van der Waals surface area contributed by atoms with E-state index in [0.717, 1.165) is 12.8 Å². The first-order valence-electron chi connectivity index (χ1n) is 4.07. The number of rotatable bonds is 6. The van der Waals surface area contributed by atoms with Crippen LogP contribution in [0.2, 0.25) is 0 Å². The van der Waals surface area contributed by atoms with E-state index in [-0.39, 0.29) is 12.6 Å². The van der Waals surface area contributed by atoms with Crippen LogP contribution in [0.15, 0.2) is 0 Å². The second-order valence-electron chi connectivity index (χ2n) is 2.40. The molecule has 0 spiro atoms. The summed E-state index contributed by atoms with van der Waals surface area (Å²) in [5.41, 5.74) is 0. The van der Waals surface area contributed by atoms with E-state index in [1.54, 1.807) is 0 Å². The molecule has 0 saturated heterocycles. The van der Waals surface area contributed by atoms with E-state index in [1.165, 1.54) is 0 Å². The molecule has 0 unspecified atom stereocenters. The van der Waals surface area contributed by atoms with Crippen molar-refractivity contribution >= 4 is 5.97 Å². The van der Waals surface area contributed by atoms with Gasteiger partial charge >= 0.3 is 5.97 Å². The van der Waals surface area contributed by atoms with E-state index in [1.807, 2.05) is 6.92 Å². The molecule has 0 atom stereocenters. The first kappa shape index (κ1) is 10.4. The number of unbranched alkanes of at least 4 members (excludes halogenated alkanes) is 1. The highest BCUT2D eigenvalue weighted by Gasteiger charge is 1.99. The maximum atomic E-state index is 10.8. The molecule has 0 amide bonds. The molecule has 0 aromatic rings. The van der Waals surface area contributed by atoms with Crippen molar-refractivity contribution in [2.24, 2.45) is 0 Å². The predicted octanol–water partition coefficient (Wildman–Crippen LogP) is 1.10. The third-order valence-corrected chi connectivity index (χ3v) is 1.30. The molecule has 0 radical (unpaired) electrons. The number of carbonyl (C=O) groups is 1. The molecule has 0 aromatic carbocycles. The van der Waals surface area contributed by atoms with Crippen LogP contribution in [0.5, 0.6) is 0 Å². The third-order valence-electron chi connectivity index (χ3n) is 1.30. The molecule has 0 saturated carbocycles. The fourth-order valence-corrected chi connectivity index (χ4v) is 0.644. The number of hydrogen-bond donors (Lipinski definition) is 1. The highest BCUT2D eigenvalue weighted by molar-refractivity contribution is 5.69. The lowest BCUT2D eigenvalue weighted by atomic mass is 10.2. The maximum Gasteiger partial charge on any atom is 0.305 e. The number of esters is 1. The summed E-state index contributed by atoms with van der Waals surface area (Å²) < 4.78 is 4.79. The third kappa shape index (κ3) is 7.33. The van der Waals surface area contributed by atoms with Gasteiger partial charge in [0.2, 0.25) is 0 Å². The lowest BCUT2D eigenvalue weighted by molar-refractivity contribution is -0.144. The molecule has 66 valence electrons. The van der Waals surface area contributed by atoms with Gasteiger partial charge in [0.1, 0.15) is 0 Å². The topological polar surface area (TPSA) is 46.5 Å². The minimum atomic E-state index is -0.152. The molecule has 0 aliphatic heterocycles. The average molecular weight is 160 g/mol. The molecular formula is C8H16O3.